The summed E-state index contributed by atoms with van der Waals surface area (Å²) >= 11 is 0.975. The molecule has 24 heavy (non-hydrogen) atoms. The van der Waals surface area contributed by atoms with Crippen LogP contribution in [0.2, 0.25) is 0 Å². The number of nitro benzene ring substituents is 1. The van der Waals surface area contributed by atoms with Crippen LogP contribution in [0.5, 0.6) is 0 Å². The number of esters is 1. The number of hydrogen-bond donors (Lipinski definition) is 2. The quantitative estimate of drug-likeness (QED) is 0.343. The van der Waals surface area contributed by atoms with Crippen molar-refractivity contribution in [2.45, 2.75) is 17.0 Å². The second kappa shape index (κ2) is 8.44. The van der Waals surface area contributed by atoms with Crippen LogP contribution in [-0.4, -0.2) is 29.2 Å². The van der Waals surface area contributed by atoms with Crippen LogP contribution >= 0.6 is 11.9 Å². The summed E-state index contributed by atoms with van der Waals surface area (Å²) in [5.41, 5.74) is 0.593. The van der Waals surface area contributed by atoms with Crippen LogP contribution in [-0.2, 0) is 9.53 Å². The van der Waals surface area contributed by atoms with Gasteiger partial charge in [-0.1, -0.05) is 42.5 Å². The van der Waals surface area contributed by atoms with Gasteiger partial charge in [-0.25, -0.2) is 9.52 Å². The number of carbonyl (C=O) groups excluding carboxylic acids is 1. The van der Waals surface area contributed by atoms with Gasteiger partial charge in [0.25, 0.3) is 5.69 Å². The Hall–Kier alpha value is -2.42. The third-order valence-electron chi connectivity index (χ3n) is 3.27. The first-order valence-corrected chi connectivity index (χ1v) is 7.83. The first-order chi connectivity index (χ1) is 11.5. The maximum atomic E-state index is 11.7. The summed E-state index contributed by atoms with van der Waals surface area (Å²) in [4.78, 5) is 22.6. The number of carbonyl (C=O) groups is 1. The number of ether oxygens (including phenoxy) is 1. The topological polar surface area (TPSA) is 102 Å². The minimum Gasteiger partial charge on any atom is -0.467 e. The molecular formula is C16H16N2O5S. The van der Waals surface area contributed by atoms with Crippen LogP contribution in [0.1, 0.15) is 11.6 Å². The normalized spacial score (nSPS) is 13.1. The molecule has 0 aliphatic rings. The molecule has 7 nitrogen and oxygen atoms in total. The molecule has 0 aliphatic carbocycles. The lowest BCUT2D eigenvalue weighted by atomic mass is 10.0. The number of nitrogens with zero attached hydrogens (tertiary/aromatic N) is 1. The van der Waals surface area contributed by atoms with E-state index in [-0.39, 0.29) is 5.69 Å². The standard InChI is InChI=1S/C16H16N2O5S/c1-23-16(20)15(19)14(11-7-3-2-4-8-11)17-24-13-10-6-5-9-12(13)18(21)22/h2-10,14-15,17,19H,1H3. The van der Waals surface area contributed by atoms with Gasteiger partial charge in [-0.2, -0.15) is 0 Å². The Balaban J connectivity index is 2.24. The van der Waals surface area contributed by atoms with Crippen LogP contribution in [0, 0.1) is 10.1 Å². The fourth-order valence-electron chi connectivity index (χ4n) is 2.05. The predicted octanol–water partition coefficient (Wildman–Crippen LogP) is 2.47. The van der Waals surface area contributed by atoms with E-state index in [1.165, 1.54) is 13.2 Å². The van der Waals surface area contributed by atoms with Gasteiger partial charge in [-0.15, -0.1) is 0 Å². The Bertz CT molecular complexity index is 711. The van der Waals surface area contributed by atoms with E-state index in [0.29, 0.717) is 10.5 Å². The van der Waals surface area contributed by atoms with Crippen molar-refractivity contribution in [3.05, 3.63) is 70.3 Å². The van der Waals surface area contributed by atoms with E-state index in [9.17, 15) is 20.0 Å². The molecule has 2 atom stereocenters. The number of rotatable bonds is 7. The van der Waals surface area contributed by atoms with Gasteiger partial charge in [-0.05, 0) is 23.6 Å². The molecule has 2 N–H and O–H groups in total. The van der Waals surface area contributed by atoms with Crippen LogP contribution in [0.4, 0.5) is 5.69 Å². The first kappa shape index (κ1) is 17.9. The van der Waals surface area contributed by atoms with Crippen LogP contribution in [0.15, 0.2) is 59.5 Å². The highest BCUT2D eigenvalue weighted by Crippen LogP contribution is 2.30. The Kier molecular flexibility index (Phi) is 6.30. The second-order valence-electron chi connectivity index (χ2n) is 4.80. The highest BCUT2D eigenvalue weighted by Gasteiger charge is 2.29. The molecule has 0 saturated heterocycles. The van der Waals surface area contributed by atoms with Crippen molar-refractivity contribution in [1.82, 2.24) is 4.72 Å². The van der Waals surface area contributed by atoms with Crippen LogP contribution in [0.25, 0.3) is 0 Å². The number of nitrogens with one attached hydrogen (secondary N) is 1. The van der Waals surface area contributed by atoms with E-state index >= 15 is 0 Å². The molecule has 0 spiro atoms. The van der Waals surface area contributed by atoms with E-state index in [1.807, 2.05) is 0 Å². The van der Waals surface area contributed by atoms with Gasteiger partial charge < -0.3 is 9.84 Å². The lowest BCUT2D eigenvalue weighted by Crippen LogP contribution is -2.35. The Labute approximate surface area is 142 Å². The smallest absolute Gasteiger partial charge is 0.336 e. The van der Waals surface area contributed by atoms with E-state index in [2.05, 4.69) is 9.46 Å². The number of para-hydroxylation sites is 1. The van der Waals surface area contributed by atoms with E-state index in [1.54, 1.807) is 48.5 Å². The summed E-state index contributed by atoms with van der Waals surface area (Å²) in [5.74, 6) is -0.792. The molecular weight excluding hydrogens is 332 g/mol. The van der Waals surface area contributed by atoms with Crippen LogP contribution < -0.4 is 4.72 Å². The Morgan fingerprint density at radius 2 is 1.83 bits per heavy atom. The molecule has 8 heteroatoms. The summed E-state index contributed by atoms with van der Waals surface area (Å²) < 4.78 is 7.51. The van der Waals surface area contributed by atoms with Gasteiger partial charge in [0.1, 0.15) is 4.90 Å². The highest BCUT2D eigenvalue weighted by atomic mass is 32.2. The van der Waals surface area contributed by atoms with Gasteiger partial charge >= 0.3 is 5.97 Å². The molecule has 0 saturated carbocycles. The molecule has 0 heterocycles. The van der Waals surface area contributed by atoms with Gasteiger partial charge in [0, 0.05) is 6.07 Å². The number of methoxy groups -OCH3 is 1. The number of aliphatic hydroxyl groups excluding tert-OH is 1. The average molecular weight is 348 g/mol. The van der Waals surface area contributed by atoms with Gasteiger partial charge in [-0.3, -0.25) is 10.1 Å². The van der Waals surface area contributed by atoms with Crippen molar-refractivity contribution in [2.75, 3.05) is 7.11 Å². The zero-order valence-electron chi connectivity index (χ0n) is 12.8. The molecule has 126 valence electrons. The molecule has 0 aliphatic heterocycles. The van der Waals surface area contributed by atoms with Crippen molar-refractivity contribution < 1.29 is 19.6 Å². The molecule has 2 aromatic carbocycles. The van der Waals surface area contributed by atoms with Gasteiger partial charge in [0.15, 0.2) is 6.10 Å². The van der Waals surface area contributed by atoms with Gasteiger partial charge in [0.05, 0.1) is 18.1 Å². The highest BCUT2D eigenvalue weighted by molar-refractivity contribution is 7.97. The summed E-state index contributed by atoms with van der Waals surface area (Å²) in [5, 5.41) is 21.3. The molecule has 0 amide bonds. The average Bonchev–Trinajstić information content (AvgIpc) is 2.62. The minimum atomic E-state index is -1.45. The predicted molar refractivity (Wildman–Crippen MR) is 89.3 cm³/mol. The zero-order valence-corrected chi connectivity index (χ0v) is 13.6. The van der Waals surface area contributed by atoms with Crippen molar-refractivity contribution in [3.63, 3.8) is 0 Å². The maximum absolute atomic E-state index is 11.7. The molecule has 2 aromatic rings. The Morgan fingerprint density at radius 3 is 2.46 bits per heavy atom. The molecule has 0 radical (unpaired) electrons. The largest absolute Gasteiger partial charge is 0.467 e. The lowest BCUT2D eigenvalue weighted by Gasteiger charge is -2.22. The monoisotopic (exact) mass is 348 g/mol. The summed E-state index contributed by atoms with van der Waals surface area (Å²) in [6, 6.07) is 14.2. The Morgan fingerprint density at radius 1 is 1.21 bits per heavy atom. The fraction of sp³-hybridized carbons (Fsp3) is 0.188. The molecule has 0 fully saturated rings. The van der Waals surface area contributed by atoms with Crippen molar-refractivity contribution in [2.24, 2.45) is 0 Å². The first-order valence-electron chi connectivity index (χ1n) is 7.01. The summed E-state index contributed by atoms with van der Waals surface area (Å²) in [6.07, 6.45) is -1.45. The van der Waals surface area contributed by atoms with E-state index in [0.717, 1.165) is 11.9 Å². The van der Waals surface area contributed by atoms with Crippen molar-refractivity contribution in [3.8, 4) is 0 Å². The third kappa shape index (κ3) is 4.31. The number of hydrogen-bond acceptors (Lipinski definition) is 7. The molecule has 0 aromatic heterocycles. The van der Waals surface area contributed by atoms with Crippen LogP contribution in [0.3, 0.4) is 0 Å². The summed E-state index contributed by atoms with van der Waals surface area (Å²) in [7, 11) is 1.18. The summed E-state index contributed by atoms with van der Waals surface area (Å²) in [6.45, 7) is 0. The number of benzene rings is 2. The fourth-order valence-corrected chi connectivity index (χ4v) is 2.97. The second-order valence-corrected chi connectivity index (χ2v) is 5.68. The maximum Gasteiger partial charge on any atom is 0.336 e. The van der Waals surface area contributed by atoms with Gasteiger partial charge in [0.2, 0.25) is 0 Å². The molecule has 0 bridgehead atoms. The molecule has 2 rings (SSSR count). The van der Waals surface area contributed by atoms with E-state index in [4.69, 9.17) is 0 Å². The van der Waals surface area contributed by atoms with Crippen molar-refractivity contribution in [1.29, 1.82) is 0 Å². The lowest BCUT2D eigenvalue weighted by molar-refractivity contribution is -0.387. The van der Waals surface area contributed by atoms with E-state index < -0.39 is 23.0 Å². The minimum absolute atomic E-state index is 0.0608. The SMILES string of the molecule is COC(=O)C(O)C(NSc1ccccc1[N+](=O)[O-])c1ccccc1. The number of aliphatic hydroxyl groups is 1. The zero-order chi connectivity index (χ0) is 17.5. The third-order valence-corrected chi connectivity index (χ3v) is 4.21. The molecule has 2 unspecified atom stereocenters. The number of nitro groups is 1. The van der Waals surface area contributed by atoms with Crippen molar-refractivity contribution >= 4 is 23.6 Å².